The molecule has 0 aromatic carbocycles. The summed E-state index contributed by atoms with van der Waals surface area (Å²) in [5.74, 6) is 0.0873. The molecule has 0 bridgehead atoms. The smallest absolute Gasteiger partial charge is 0.335 e. The normalized spacial score (nSPS) is 55.8. The zero-order valence-electron chi connectivity index (χ0n) is 21.6. The van der Waals surface area contributed by atoms with Gasteiger partial charge in [0, 0.05) is 0 Å². The van der Waals surface area contributed by atoms with E-state index in [9.17, 15) is 35.4 Å². The standard InChI is InChI=1S/C27H44O9/c1-12(28)15-4-5-16-14-11-19(35-25-22(32)20(30)21(31)23(36-25)24(33)34)18-10-13(29)6-8-27(18,3)17(14)7-9-26(15,16)2/h12-23,25,28-32H,4-11H2,1-3H3,(H,33,34)/t12-,13-,14-,15+,16-,17-,18+,19-,20-,21-,22+,23-,25?,26+,27+/m0/s1. The fourth-order valence-corrected chi connectivity index (χ4v) is 9.57. The lowest BCUT2D eigenvalue weighted by atomic mass is 9.44. The van der Waals surface area contributed by atoms with Gasteiger partial charge in [-0.2, -0.15) is 0 Å². The van der Waals surface area contributed by atoms with Gasteiger partial charge < -0.3 is 40.1 Å². The second-order valence-corrected chi connectivity index (χ2v) is 13.0. The summed E-state index contributed by atoms with van der Waals surface area (Å²) in [7, 11) is 0. The largest absolute Gasteiger partial charge is 0.479 e. The van der Waals surface area contributed by atoms with Crippen LogP contribution in [-0.4, -0.2) is 85.6 Å². The topological polar surface area (TPSA) is 157 Å². The van der Waals surface area contributed by atoms with Crippen molar-refractivity contribution in [3.63, 3.8) is 0 Å². The monoisotopic (exact) mass is 512 g/mol. The van der Waals surface area contributed by atoms with E-state index in [1.165, 1.54) is 0 Å². The molecule has 1 heterocycles. The summed E-state index contributed by atoms with van der Waals surface area (Å²) in [5.41, 5.74) is -0.0339. The fourth-order valence-electron chi connectivity index (χ4n) is 9.57. The Morgan fingerprint density at radius 2 is 1.56 bits per heavy atom. The van der Waals surface area contributed by atoms with Crippen LogP contribution in [0.1, 0.15) is 72.1 Å². The third-order valence-corrected chi connectivity index (χ3v) is 11.4. The van der Waals surface area contributed by atoms with Crippen molar-refractivity contribution in [3.8, 4) is 0 Å². The van der Waals surface area contributed by atoms with Gasteiger partial charge in [-0.15, -0.1) is 0 Å². The predicted molar refractivity (Wildman–Crippen MR) is 127 cm³/mol. The highest BCUT2D eigenvalue weighted by atomic mass is 16.7. The SMILES string of the molecule is C[C@H](O)[C@H]1CC[C@H]2[C@@H]3C[C@H](OC4O[C@H](C(=O)O)[C@@H](O)[C@H](O)[C@H]4O)[C@H]4C[C@@H](O)CC[C@]4(C)[C@H]3CC[C@]12C. The molecule has 0 radical (unpaired) electrons. The van der Waals surface area contributed by atoms with Crippen LogP contribution in [0.3, 0.4) is 0 Å². The first-order valence-corrected chi connectivity index (χ1v) is 13.8. The van der Waals surface area contributed by atoms with Gasteiger partial charge in [0.15, 0.2) is 12.4 Å². The summed E-state index contributed by atoms with van der Waals surface area (Å²) in [4.78, 5) is 11.6. The fraction of sp³-hybridized carbons (Fsp3) is 0.963. The second kappa shape index (κ2) is 9.43. The minimum atomic E-state index is -1.76. The molecule has 206 valence electrons. The Hall–Kier alpha value is -0.810. The van der Waals surface area contributed by atoms with Gasteiger partial charge in [0.25, 0.3) is 0 Å². The number of ether oxygens (including phenoxy) is 2. The van der Waals surface area contributed by atoms with Crippen LogP contribution in [0.2, 0.25) is 0 Å². The molecule has 36 heavy (non-hydrogen) atoms. The van der Waals surface area contributed by atoms with Gasteiger partial charge in [-0.1, -0.05) is 13.8 Å². The number of aliphatic hydroxyl groups excluding tert-OH is 5. The van der Waals surface area contributed by atoms with Gasteiger partial charge in [-0.3, -0.25) is 0 Å². The van der Waals surface area contributed by atoms with Gasteiger partial charge in [0.05, 0.1) is 18.3 Å². The van der Waals surface area contributed by atoms with Gasteiger partial charge in [-0.05, 0) is 98.7 Å². The zero-order chi connectivity index (χ0) is 26.2. The Morgan fingerprint density at radius 3 is 2.22 bits per heavy atom. The molecule has 0 aromatic heterocycles. The average molecular weight is 513 g/mol. The van der Waals surface area contributed by atoms with Gasteiger partial charge in [-0.25, -0.2) is 4.79 Å². The van der Waals surface area contributed by atoms with Crippen molar-refractivity contribution < 1.29 is 44.9 Å². The molecule has 4 saturated carbocycles. The lowest BCUT2D eigenvalue weighted by Crippen LogP contribution is -2.63. The van der Waals surface area contributed by atoms with Crippen molar-refractivity contribution in [2.45, 2.75) is 121 Å². The van der Waals surface area contributed by atoms with Crippen LogP contribution in [0.4, 0.5) is 0 Å². The summed E-state index contributed by atoms with van der Waals surface area (Å²) in [6.07, 6.45) is -2.25. The number of carbonyl (C=O) groups is 1. The van der Waals surface area contributed by atoms with Gasteiger partial charge >= 0.3 is 5.97 Å². The molecular formula is C27H44O9. The highest BCUT2D eigenvalue weighted by Gasteiger charge is 2.63. The van der Waals surface area contributed by atoms with Crippen molar-refractivity contribution in [3.05, 3.63) is 0 Å². The third-order valence-electron chi connectivity index (χ3n) is 11.4. The summed E-state index contributed by atoms with van der Waals surface area (Å²) < 4.78 is 11.9. The van der Waals surface area contributed by atoms with Gasteiger partial charge in [0.1, 0.15) is 18.3 Å². The van der Waals surface area contributed by atoms with Crippen LogP contribution in [0, 0.1) is 40.4 Å². The number of rotatable bonds is 4. The molecule has 9 nitrogen and oxygen atoms in total. The molecule has 4 aliphatic carbocycles. The number of hydrogen-bond acceptors (Lipinski definition) is 8. The number of aliphatic carboxylic acids is 1. The molecule has 15 atom stereocenters. The lowest BCUT2D eigenvalue weighted by molar-refractivity contribution is -0.321. The average Bonchev–Trinajstić information content (AvgIpc) is 3.17. The highest BCUT2D eigenvalue weighted by molar-refractivity contribution is 5.73. The molecule has 0 aromatic rings. The van der Waals surface area contributed by atoms with Crippen LogP contribution >= 0.6 is 0 Å². The van der Waals surface area contributed by atoms with Crippen molar-refractivity contribution in [2.24, 2.45) is 40.4 Å². The highest BCUT2D eigenvalue weighted by Crippen LogP contribution is 2.68. The Labute approximate surface area is 212 Å². The summed E-state index contributed by atoms with van der Waals surface area (Å²) in [6, 6.07) is 0. The van der Waals surface area contributed by atoms with E-state index in [0.29, 0.717) is 30.6 Å². The van der Waals surface area contributed by atoms with E-state index in [-0.39, 0.29) is 28.8 Å². The summed E-state index contributed by atoms with van der Waals surface area (Å²) >= 11 is 0. The number of carboxylic acids is 1. The minimum absolute atomic E-state index is 0.00360. The van der Waals surface area contributed by atoms with E-state index < -0.39 is 48.9 Å². The number of hydrogen-bond donors (Lipinski definition) is 6. The van der Waals surface area contributed by atoms with E-state index in [4.69, 9.17) is 9.47 Å². The molecule has 1 aliphatic heterocycles. The number of carboxylic acid groups (broad SMARTS) is 1. The minimum Gasteiger partial charge on any atom is -0.479 e. The van der Waals surface area contributed by atoms with E-state index in [1.807, 2.05) is 6.92 Å². The molecule has 9 heteroatoms. The number of aliphatic hydroxyl groups is 5. The molecule has 5 rings (SSSR count). The van der Waals surface area contributed by atoms with Gasteiger partial charge in [0.2, 0.25) is 0 Å². The van der Waals surface area contributed by atoms with Crippen LogP contribution in [0.15, 0.2) is 0 Å². The molecule has 0 amide bonds. The molecule has 1 unspecified atom stereocenters. The zero-order valence-corrected chi connectivity index (χ0v) is 21.6. The Morgan fingerprint density at radius 1 is 0.889 bits per heavy atom. The van der Waals surface area contributed by atoms with Crippen molar-refractivity contribution in [1.82, 2.24) is 0 Å². The van der Waals surface area contributed by atoms with Crippen LogP contribution in [0.5, 0.6) is 0 Å². The Kier molecular flexibility index (Phi) is 7.02. The van der Waals surface area contributed by atoms with E-state index >= 15 is 0 Å². The first-order chi connectivity index (χ1) is 16.9. The van der Waals surface area contributed by atoms with Crippen molar-refractivity contribution in [1.29, 1.82) is 0 Å². The first-order valence-electron chi connectivity index (χ1n) is 13.8. The summed E-state index contributed by atoms with van der Waals surface area (Å²) in [5, 5.41) is 61.7. The van der Waals surface area contributed by atoms with Crippen LogP contribution in [0.25, 0.3) is 0 Å². The van der Waals surface area contributed by atoms with E-state index in [0.717, 1.165) is 38.5 Å². The molecule has 6 N–H and O–H groups in total. The van der Waals surface area contributed by atoms with E-state index in [1.54, 1.807) is 0 Å². The lowest BCUT2D eigenvalue weighted by Gasteiger charge is -2.63. The maximum Gasteiger partial charge on any atom is 0.335 e. The predicted octanol–water partition coefficient (Wildman–Crippen LogP) is 1.27. The molecular weight excluding hydrogens is 468 g/mol. The molecule has 5 fully saturated rings. The maximum absolute atomic E-state index is 11.6. The van der Waals surface area contributed by atoms with Crippen molar-refractivity contribution in [2.75, 3.05) is 0 Å². The first kappa shape index (κ1) is 26.8. The molecule has 0 spiro atoms. The molecule has 5 aliphatic rings. The quantitative estimate of drug-likeness (QED) is 0.305. The second-order valence-electron chi connectivity index (χ2n) is 13.0. The van der Waals surface area contributed by atoms with E-state index in [2.05, 4.69) is 13.8 Å². The Balaban J connectivity index is 1.45. The maximum atomic E-state index is 11.6. The van der Waals surface area contributed by atoms with Crippen LogP contribution < -0.4 is 0 Å². The van der Waals surface area contributed by atoms with Crippen LogP contribution in [-0.2, 0) is 14.3 Å². The van der Waals surface area contributed by atoms with Crippen molar-refractivity contribution >= 4 is 5.97 Å². The summed E-state index contributed by atoms with van der Waals surface area (Å²) in [6.45, 7) is 6.53. The Bertz CT molecular complexity index is 836. The number of fused-ring (bicyclic) bond motifs is 5. The molecule has 1 saturated heterocycles. The third kappa shape index (κ3) is 4.05.